The minimum absolute atomic E-state index is 0.0810. The molecule has 74 valence electrons. The summed E-state index contributed by atoms with van der Waals surface area (Å²) >= 11 is 0. The zero-order valence-corrected chi connectivity index (χ0v) is 7.66. The molecule has 0 amide bonds. The molecule has 0 heterocycles. The van der Waals surface area contributed by atoms with Gasteiger partial charge in [-0.1, -0.05) is 6.08 Å². The highest BCUT2D eigenvalue weighted by atomic mass is 16.5. The maximum absolute atomic E-state index is 11.0. The molecular formula is C9H14O4. The summed E-state index contributed by atoms with van der Waals surface area (Å²) in [6.45, 7) is 5.24. The summed E-state index contributed by atoms with van der Waals surface area (Å²) in [6.07, 6.45) is 0.0197. The van der Waals surface area contributed by atoms with Gasteiger partial charge in [-0.05, 0) is 6.92 Å². The molecule has 0 unspecified atom stereocenters. The molecule has 0 bridgehead atoms. The van der Waals surface area contributed by atoms with Gasteiger partial charge in [-0.3, -0.25) is 9.59 Å². The number of hydrogen-bond acceptors (Lipinski definition) is 4. The van der Waals surface area contributed by atoms with E-state index in [9.17, 15) is 9.59 Å². The van der Waals surface area contributed by atoms with Crippen LogP contribution in [0.15, 0.2) is 12.7 Å². The van der Waals surface area contributed by atoms with E-state index in [4.69, 9.17) is 5.11 Å². The Morgan fingerprint density at radius 2 is 2.23 bits per heavy atom. The van der Waals surface area contributed by atoms with Crippen LogP contribution >= 0.6 is 0 Å². The molecule has 0 aliphatic heterocycles. The van der Waals surface area contributed by atoms with Gasteiger partial charge in [-0.15, -0.1) is 6.58 Å². The maximum Gasteiger partial charge on any atom is 0.313 e. The van der Waals surface area contributed by atoms with Crippen molar-refractivity contribution in [2.45, 2.75) is 25.9 Å². The standard InChI is InChI=1S/C9H14O4/c1-3-7(10)5-8(11)6-9(12)13-4-2/h3,7,10H,1,4-6H2,2H3/t7-/m1/s1. The van der Waals surface area contributed by atoms with Crippen LogP contribution in [-0.4, -0.2) is 29.6 Å². The highest BCUT2D eigenvalue weighted by Crippen LogP contribution is 1.98. The summed E-state index contributed by atoms with van der Waals surface area (Å²) in [6, 6.07) is 0. The predicted molar refractivity (Wildman–Crippen MR) is 47.1 cm³/mol. The molecule has 4 heteroatoms. The number of carbonyl (C=O) groups is 2. The van der Waals surface area contributed by atoms with Gasteiger partial charge in [0.1, 0.15) is 12.2 Å². The van der Waals surface area contributed by atoms with E-state index in [2.05, 4.69) is 11.3 Å². The summed E-state index contributed by atoms with van der Waals surface area (Å²) in [4.78, 5) is 21.8. The third kappa shape index (κ3) is 6.04. The fourth-order valence-electron chi connectivity index (χ4n) is 0.762. The Morgan fingerprint density at radius 3 is 2.69 bits per heavy atom. The van der Waals surface area contributed by atoms with E-state index in [1.165, 1.54) is 6.08 Å². The third-order valence-corrected chi connectivity index (χ3v) is 1.36. The molecule has 0 aliphatic rings. The van der Waals surface area contributed by atoms with Gasteiger partial charge in [0.2, 0.25) is 0 Å². The third-order valence-electron chi connectivity index (χ3n) is 1.36. The van der Waals surface area contributed by atoms with Gasteiger partial charge in [-0.25, -0.2) is 0 Å². The first kappa shape index (κ1) is 11.8. The van der Waals surface area contributed by atoms with Gasteiger partial charge in [0.15, 0.2) is 0 Å². The average molecular weight is 186 g/mol. The lowest BCUT2D eigenvalue weighted by Crippen LogP contribution is -2.15. The maximum atomic E-state index is 11.0. The minimum atomic E-state index is -0.873. The van der Waals surface area contributed by atoms with Crippen LogP contribution in [0.3, 0.4) is 0 Å². The summed E-state index contributed by atoms with van der Waals surface area (Å²) in [5.41, 5.74) is 0. The number of rotatable bonds is 6. The number of aliphatic hydroxyl groups excluding tert-OH is 1. The van der Waals surface area contributed by atoms with E-state index in [0.29, 0.717) is 0 Å². The highest BCUT2D eigenvalue weighted by Gasteiger charge is 2.12. The zero-order chi connectivity index (χ0) is 10.3. The normalized spacial score (nSPS) is 11.8. The van der Waals surface area contributed by atoms with Crippen molar-refractivity contribution in [1.29, 1.82) is 0 Å². The van der Waals surface area contributed by atoms with Gasteiger partial charge < -0.3 is 9.84 Å². The Balaban J connectivity index is 3.74. The van der Waals surface area contributed by atoms with Gasteiger partial charge >= 0.3 is 5.97 Å². The molecule has 0 saturated carbocycles. The van der Waals surface area contributed by atoms with Crippen molar-refractivity contribution >= 4 is 11.8 Å². The topological polar surface area (TPSA) is 63.6 Å². The molecule has 1 atom stereocenters. The number of ether oxygens (including phenoxy) is 1. The second-order valence-electron chi connectivity index (χ2n) is 2.53. The molecule has 0 aliphatic carbocycles. The lowest BCUT2D eigenvalue weighted by Gasteiger charge is -2.03. The molecule has 0 aromatic heterocycles. The summed E-state index contributed by atoms with van der Waals surface area (Å²) in [5.74, 6) is -0.894. The van der Waals surface area contributed by atoms with E-state index < -0.39 is 12.1 Å². The van der Waals surface area contributed by atoms with Crippen LogP contribution in [0.5, 0.6) is 0 Å². The van der Waals surface area contributed by atoms with Crippen LogP contribution in [0.25, 0.3) is 0 Å². The first-order chi connectivity index (χ1) is 6.10. The van der Waals surface area contributed by atoms with Gasteiger partial charge in [0.05, 0.1) is 12.7 Å². The van der Waals surface area contributed by atoms with E-state index in [1.807, 2.05) is 0 Å². The molecule has 0 spiro atoms. The fourth-order valence-corrected chi connectivity index (χ4v) is 0.762. The summed E-state index contributed by atoms with van der Waals surface area (Å²) in [7, 11) is 0. The SMILES string of the molecule is C=C[C@@H](O)CC(=O)CC(=O)OCC. The number of ketones is 1. The Morgan fingerprint density at radius 1 is 1.62 bits per heavy atom. The van der Waals surface area contributed by atoms with Crippen molar-refractivity contribution in [3.8, 4) is 0 Å². The molecule has 0 radical (unpaired) electrons. The molecule has 0 aromatic carbocycles. The molecule has 0 aromatic rings. The molecular weight excluding hydrogens is 172 g/mol. The van der Waals surface area contributed by atoms with Gasteiger partial charge in [0.25, 0.3) is 0 Å². The van der Waals surface area contributed by atoms with Crippen LogP contribution in [0.2, 0.25) is 0 Å². The number of Topliss-reactive ketones (excluding diaryl/α,β-unsaturated/α-hetero) is 1. The largest absolute Gasteiger partial charge is 0.466 e. The minimum Gasteiger partial charge on any atom is -0.466 e. The Bertz CT molecular complexity index is 198. The van der Waals surface area contributed by atoms with Crippen molar-refractivity contribution in [3.05, 3.63) is 12.7 Å². The van der Waals surface area contributed by atoms with Crippen molar-refractivity contribution in [1.82, 2.24) is 0 Å². The van der Waals surface area contributed by atoms with Crippen LogP contribution < -0.4 is 0 Å². The quantitative estimate of drug-likeness (QED) is 0.371. The second-order valence-corrected chi connectivity index (χ2v) is 2.53. The van der Waals surface area contributed by atoms with Crippen molar-refractivity contribution in [2.75, 3.05) is 6.61 Å². The summed E-state index contributed by atoms with van der Waals surface area (Å²) in [5, 5.41) is 8.98. The monoisotopic (exact) mass is 186 g/mol. The molecule has 0 saturated heterocycles. The van der Waals surface area contributed by atoms with Gasteiger partial charge in [-0.2, -0.15) is 0 Å². The Kier molecular flexibility index (Phi) is 5.80. The van der Waals surface area contributed by atoms with Crippen molar-refractivity contribution in [3.63, 3.8) is 0 Å². The first-order valence-corrected chi connectivity index (χ1v) is 4.08. The average Bonchev–Trinajstić information content (AvgIpc) is 2.04. The molecule has 1 N–H and O–H groups in total. The second kappa shape index (κ2) is 6.37. The molecule has 4 nitrogen and oxygen atoms in total. The van der Waals surface area contributed by atoms with Crippen LogP contribution in [0, 0.1) is 0 Å². The number of hydrogen-bond donors (Lipinski definition) is 1. The first-order valence-electron chi connectivity index (χ1n) is 4.08. The fraction of sp³-hybridized carbons (Fsp3) is 0.556. The molecule has 0 fully saturated rings. The van der Waals surface area contributed by atoms with E-state index >= 15 is 0 Å². The van der Waals surface area contributed by atoms with E-state index in [-0.39, 0.29) is 25.2 Å². The Hall–Kier alpha value is -1.16. The van der Waals surface area contributed by atoms with E-state index in [1.54, 1.807) is 6.92 Å². The Labute approximate surface area is 77.2 Å². The number of carbonyl (C=O) groups excluding carboxylic acids is 2. The highest BCUT2D eigenvalue weighted by molar-refractivity contribution is 5.95. The number of aliphatic hydroxyl groups is 1. The lowest BCUT2D eigenvalue weighted by atomic mass is 10.1. The summed E-state index contributed by atoms with van der Waals surface area (Å²) < 4.78 is 4.56. The van der Waals surface area contributed by atoms with Crippen molar-refractivity contribution < 1.29 is 19.4 Å². The lowest BCUT2D eigenvalue weighted by molar-refractivity contribution is -0.145. The predicted octanol–water partition coefficient (Wildman–Crippen LogP) is 0.446. The van der Waals surface area contributed by atoms with Crippen LogP contribution in [-0.2, 0) is 14.3 Å². The zero-order valence-electron chi connectivity index (χ0n) is 7.66. The number of esters is 1. The van der Waals surface area contributed by atoms with Crippen LogP contribution in [0.4, 0.5) is 0 Å². The van der Waals surface area contributed by atoms with E-state index in [0.717, 1.165) is 0 Å². The van der Waals surface area contributed by atoms with Gasteiger partial charge in [0, 0.05) is 6.42 Å². The molecule has 0 rings (SSSR count). The smallest absolute Gasteiger partial charge is 0.313 e. The molecule has 13 heavy (non-hydrogen) atoms. The van der Waals surface area contributed by atoms with Crippen molar-refractivity contribution in [2.24, 2.45) is 0 Å². The van der Waals surface area contributed by atoms with Crippen LogP contribution in [0.1, 0.15) is 19.8 Å².